The number of hydrogen-bond donors (Lipinski definition) is 12. The van der Waals surface area contributed by atoms with Crippen LogP contribution in [0.2, 0.25) is 0 Å². The van der Waals surface area contributed by atoms with Gasteiger partial charge in [-0.1, -0.05) is 204 Å². The molecule has 3 aliphatic heterocycles. The van der Waals surface area contributed by atoms with Gasteiger partial charge in [-0.05, 0) is 38.5 Å². The van der Waals surface area contributed by atoms with Crippen LogP contribution in [0.1, 0.15) is 200 Å². The highest BCUT2D eigenvalue weighted by atomic mass is 16.8. The van der Waals surface area contributed by atoms with Crippen LogP contribution in [-0.4, -0.2) is 193 Å². The molecule has 0 aliphatic carbocycles. The molecule has 466 valence electrons. The van der Waals surface area contributed by atoms with Crippen LogP contribution in [-0.2, 0) is 33.2 Å². The molecule has 3 heterocycles. The van der Waals surface area contributed by atoms with Crippen molar-refractivity contribution in [3.63, 3.8) is 0 Å². The lowest BCUT2D eigenvalue weighted by Crippen LogP contribution is -2.66. The number of nitrogens with one attached hydrogen (secondary N) is 1. The van der Waals surface area contributed by atoms with Crippen molar-refractivity contribution < 1.29 is 89.4 Å². The summed E-state index contributed by atoms with van der Waals surface area (Å²) in [5, 5.41) is 120. The third-order valence-electron chi connectivity index (χ3n) is 15.4. The van der Waals surface area contributed by atoms with Crippen LogP contribution in [0.25, 0.3) is 0 Å². The molecule has 0 radical (unpaired) electrons. The van der Waals surface area contributed by atoms with Crippen LogP contribution in [0.5, 0.6) is 0 Å². The van der Waals surface area contributed by atoms with Gasteiger partial charge in [-0.15, -0.1) is 0 Å². The summed E-state index contributed by atoms with van der Waals surface area (Å²) in [6.07, 6.45) is 22.2. The first-order valence-electron chi connectivity index (χ1n) is 30.9. The van der Waals surface area contributed by atoms with Crippen molar-refractivity contribution >= 4 is 5.91 Å². The van der Waals surface area contributed by atoms with Gasteiger partial charge in [-0.3, -0.25) is 4.79 Å². The van der Waals surface area contributed by atoms with Gasteiger partial charge in [-0.25, -0.2) is 0 Å². The smallest absolute Gasteiger partial charge is 0.220 e. The van der Waals surface area contributed by atoms with E-state index in [-0.39, 0.29) is 18.9 Å². The summed E-state index contributed by atoms with van der Waals surface area (Å²) in [6, 6.07) is -0.926. The average molecular weight is 1140 g/mol. The predicted molar refractivity (Wildman–Crippen MR) is 305 cm³/mol. The standard InChI is InChI=1S/C61H109NO18/c1-3-5-7-9-11-13-15-17-18-19-20-21-22-23-24-25-27-28-30-32-34-36-38-45(66)44(62-49(67)39-37-35-33-31-29-26-16-14-12-10-8-6-4-2)43-75-59-55(73)52(70)57(47(41-64)77-59)80-61-56(74)53(71)58(48(42-65)78-61)79-60-54(72)51(69)50(68)46(40-63)76-60/h6,8,12,14,26,29,33,35,44-48,50-61,63-66,68-74H,3-5,7,9-11,13,15-25,27-28,30-32,34,36-43H2,1-2H3,(H,62,67)/b8-6-,14-12-,29-26-,35-33-. The molecule has 80 heavy (non-hydrogen) atoms. The molecule has 0 spiro atoms. The number of hydrogen-bond acceptors (Lipinski definition) is 18. The maximum atomic E-state index is 13.3. The first kappa shape index (κ1) is 72.0. The van der Waals surface area contributed by atoms with Crippen LogP contribution in [0, 0.1) is 0 Å². The van der Waals surface area contributed by atoms with Crippen LogP contribution >= 0.6 is 0 Å². The summed E-state index contributed by atoms with van der Waals surface area (Å²) in [4.78, 5) is 13.3. The number of aliphatic hydroxyl groups excluding tert-OH is 11. The zero-order chi connectivity index (χ0) is 58.3. The summed E-state index contributed by atoms with van der Waals surface area (Å²) >= 11 is 0. The Balaban J connectivity index is 1.48. The van der Waals surface area contributed by atoms with E-state index in [1.54, 1.807) is 0 Å². The van der Waals surface area contributed by atoms with E-state index in [1.807, 2.05) is 12.2 Å². The Kier molecular flexibility index (Phi) is 39.8. The molecule has 12 N–H and O–H groups in total. The molecule has 0 bridgehead atoms. The fourth-order valence-electron chi connectivity index (χ4n) is 10.4. The molecular weight excluding hydrogens is 1030 g/mol. The highest BCUT2D eigenvalue weighted by Crippen LogP contribution is 2.33. The third kappa shape index (κ3) is 27.6. The second kappa shape index (κ2) is 44.3. The highest BCUT2D eigenvalue weighted by Gasteiger charge is 2.53. The Bertz CT molecular complexity index is 1650. The molecule has 0 saturated carbocycles. The Morgan fingerprint density at radius 2 is 0.838 bits per heavy atom. The normalized spacial score (nSPS) is 30.3. The first-order chi connectivity index (χ1) is 38.8. The number of carbonyl (C=O) groups excluding carboxylic acids is 1. The quantitative estimate of drug-likeness (QED) is 0.0250. The number of allylic oxidation sites excluding steroid dienone is 8. The van der Waals surface area contributed by atoms with Crippen molar-refractivity contribution in [2.75, 3.05) is 26.4 Å². The molecule has 3 fully saturated rings. The molecule has 1 amide bonds. The van der Waals surface area contributed by atoms with Crippen LogP contribution in [0.15, 0.2) is 48.6 Å². The Hall–Kier alpha value is -2.25. The molecule has 19 heteroatoms. The summed E-state index contributed by atoms with van der Waals surface area (Å²) in [5.41, 5.74) is 0. The van der Waals surface area contributed by atoms with Gasteiger partial charge in [0.15, 0.2) is 18.9 Å². The summed E-state index contributed by atoms with van der Waals surface area (Å²) < 4.78 is 34.3. The van der Waals surface area contributed by atoms with E-state index < -0.39 is 124 Å². The number of unbranched alkanes of at least 4 members (excludes halogenated alkanes) is 21. The van der Waals surface area contributed by atoms with E-state index in [1.165, 1.54) is 116 Å². The van der Waals surface area contributed by atoms with Crippen LogP contribution in [0.3, 0.4) is 0 Å². The minimum absolute atomic E-state index is 0.144. The maximum Gasteiger partial charge on any atom is 0.220 e. The fraction of sp³-hybridized carbons (Fsp3) is 0.852. The molecular formula is C61H109NO18. The van der Waals surface area contributed by atoms with Crippen molar-refractivity contribution in [2.24, 2.45) is 0 Å². The molecule has 19 nitrogen and oxygen atoms in total. The van der Waals surface area contributed by atoms with Gasteiger partial charge in [0, 0.05) is 6.42 Å². The molecule has 0 aromatic rings. The van der Waals surface area contributed by atoms with Gasteiger partial charge in [0.2, 0.25) is 5.91 Å². The van der Waals surface area contributed by atoms with E-state index in [0.717, 1.165) is 44.9 Å². The monoisotopic (exact) mass is 1140 g/mol. The zero-order valence-electron chi connectivity index (χ0n) is 48.5. The van der Waals surface area contributed by atoms with Gasteiger partial charge in [0.25, 0.3) is 0 Å². The fourth-order valence-corrected chi connectivity index (χ4v) is 10.4. The minimum atomic E-state index is -1.98. The Labute approximate surface area is 478 Å². The Morgan fingerprint density at radius 1 is 0.463 bits per heavy atom. The van der Waals surface area contributed by atoms with Crippen molar-refractivity contribution in [2.45, 2.75) is 304 Å². The summed E-state index contributed by atoms with van der Waals surface area (Å²) in [6.45, 7) is 1.62. The van der Waals surface area contributed by atoms with E-state index >= 15 is 0 Å². The highest BCUT2D eigenvalue weighted by molar-refractivity contribution is 5.76. The molecule has 0 aromatic heterocycles. The average Bonchev–Trinajstić information content (AvgIpc) is 3.46. The summed E-state index contributed by atoms with van der Waals surface area (Å²) in [5.74, 6) is -0.323. The van der Waals surface area contributed by atoms with Crippen molar-refractivity contribution in [3.8, 4) is 0 Å². The number of rotatable bonds is 45. The number of carbonyl (C=O) groups is 1. The number of aliphatic hydroxyl groups is 11. The second-order valence-electron chi connectivity index (χ2n) is 22.1. The van der Waals surface area contributed by atoms with Crippen LogP contribution in [0.4, 0.5) is 0 Å². The molecule has 17 atom stereocenters. The largest absolute Gasteiger partial charge is 0.394 e. The lowest BCUT2D eigenvalue weighted by atomic mass is 9.96. The lowest BCUT2D eigenvalue weighted by Gasteiger charge is -2.48. The van der Waals surface area contributed by atoms with E-state index in [2.05, 4.69) is 55.6 Å². The van der Waals surface area contributed by atoms with Crippen molar-refractivity contribution in [3.05, 3.63) is 48.6 Å². The SMILES string of the molecule is CC/C=C\C/C=C\C/C=C\C/C=C\CCC(=O)NC(COC1OC(CO)C(OC2OC(CO)C(OC3OC(CO)C(O)C(O)C3O)C(O)C2O)C(O)C1O)C(O)CCCCCCCCCCCCCCCCCCCCCCCC. The molecule has 3 saturated heterocycles. The van der Waals surface area contributed by atoms with Gasteiger partial charge in [-0.2, -0.15) is 0 Å². The van der Waals surface area contributed by atoms with E-state index in [0.29, 0.717) is 19.3 Å². The zero-order valence-corrected chi connectivity index (χ0v) is 48.5. The minimum Gasteiger partial charge on any atom is -0.394 e. The molecule has 17 unspecified atom stereocenters. The van der Waals surface area contributed by atoms with E-state index in [4.69, 9.17) is 28.4 Å². The molecule has 3 rings (SSSR count). The molecule has 3 aliphatic rings. The number of ether oxygens (including phenoxy) is 6. The lowest BCUT2D eigenvalue weighted by molar-refractivity contribution is -0.379. The topological polar surface area (TPSA) is 307 Å². The van der Waals surface area contributed by atoms with E-state index in [9.17, 15) is 61.0 Å². The first-order valence-corrected chi connectivity index (χ1v) is 30.9. The summed E-state index contributed by atoms with van der Waals surface area (Å²) in [7, 11) is 0. The third-order valence-corrected chi connectivity index (χ3v) is 15.4. The molecule has 0 aromatic carbocycles. The Morgan fingerprint density at radius 3 is 1.27 bits per heavy atom. The number of amides is 1. The van der Waals surface area contributed by atoms with Gasteiger partial charge < -0.3 is 89.9 Å². The second-order valence-corrected chi connectivity index (χ2v) is 22.1. The van der Waals surface area contributed by atoms with Crippen molar-refractivity contribution in [1.82, 2.24) is 5.32 Å². The predicted octanol–water partition coefficient (Wildman–Crippen LogP) is 5.87. The van der Waals surface area contributed by atoms with Gasteiger partial charge >= 0.3 is 0 Å². The van der Waals surface area contributed by atoms with Crippen LogP contribution < -0.4 is 5.32 Å². The maximum absolute atomic E-state index is 13.3. The van der Waals surface area contributed by atoms with Crippen molar-refractivity contribution in [1.29, 1.82) is 0 Å². The van der Waals surface area contributed by atoms with Gasteiger partial charge in [0.05, 0.1) is 38.6 Å². The van der Waals surface area contributed by atoms with Gasteiger partial charge in [0.1, 0.15) is 73.2 Å².